The van der Waals surface area contributed by atoms with Crippen LogP contribution in [-0.2, 0) is 6.42 Å². The average Bonchev–Trinajstić information content (AvgIpc) is 3.28. The molecule has 0 aliphatic heterocycles. The molecule has 1 amide bonds. The van der Waals surface area contributed by atoms with E-state index in [4.69, 9.17) is 23.8 Å². The number of carbonyl (C=O) groups is 1. The van der Waals surface area contributed by atoms with Gasteiger partial charge in [0.15, 0.2) is 10.9 Å². The fourth-order valence-corrected chi connectivity index (χ4v) is 3.95. The van der Waals surface area contributed by atoms with Gasteiger partial charge in [-0.15, -0.1) is 10.2 Å². The molecule has 4 rings (SSSR count). The van der Waals surface area contributed by atoms with E-state index in [0.717, 1.165) is 33.5 Å². The molecular formula is C19H15ClN6OS2. The van der Waals surface area contributed by atoms with Crippen molar-refractivity contribution < 1.29 is 4.79 Å². The molecule has 2 heterocycles. The van der Waals surface area contributed by atoms with Crippen LogP contribution in [0.2, 0.25) is 5.02 Å². The molecule has 7 nitrogen and oxygen atoms in total. The molecule has 29 heavy (non-hydrogen) atoms. The van der Waals surface area contributed by atoms with E-state index in [0.29, 0.717) is 10.6 Å². The summed E-state index contributed by atoms with van der Waals surface area (Å²) in [6, 6.07) is 14.3. The normalized spacial score (nSPS) is 10.8. The molecule has 2 N–H and O–H groups in total. The molecule has 0 aliphatic carbocycles. The smallest absolute Gasteiger partial charge is 0.257 e. The van der Waals surface area contributed by atoms with Crippen molar-refractivity contribution in [3.05, 3.63) is 64.9 Å². The minimum Gasteiger partial charge on any atom is -0.332 e. The Bertz CT molecular complexity index is 1220. The number of rotatable bonds is 4. The molecule has 2 aromatic carbocycles. The molecule has 0 spiro atoms. The van der Waals surface area contributed by atoms with Gasteiger partial charge < -0.3 is 5.32 Å². The number of hydrogen-bond donors (Lipinski definition) is 2. The lowest BCUT2D eigenvalue weighted by atomic mass is 10.2. The van der Waals surface area contributed by atoms with Crippen molar-refractivity contribution in [2.24, 2.45) is 0 Å². The van der Waals surface area contributed by atoms with Gasteiger partial charge in [0.25, 0.3) is 5.91 Å². The van der Waals surface area contributed by atoms with Gasteiger partial charge in [-0.1, -0.05) is 48.1 Å². The topological polar surface area (TPSA) is 84.2 Å². The zero-order valence-corrected chi connectivity index (χ0v) is 17.6. The molecule has 146 valence electrons. The van der Waals surface area contributed by atoms with E-state index >= 15 is 0 Å². The molecule has 2 aromatic heterocycles. The van der Waals surface area contributed by atoms with E-state index in [1.165, 1.54) is 11.3 Å². The second kappa shape index (κ2) is 8.24. The minimum atomic E-state index is -0.332. The number of nitrogens with zero attached hydrogens (tertiary/aromatic N) is 4. The van der Waals surface area contributed by atoms with Crippen molar-refractivity contribution in [3.63, 3.8) is 0 Å². The first-order chi connectivity index (χ1) is 14.0. The third-order valence-electron chi connectivity index (χ3n) is 4.05. The Hall–Kier alpha value is -2.88. The summed E-state index contributed by atoms with van der Waals surface area (Å²) in [5, 5.41) is 20.0. The van der Waals surface area contributed by atoms with Crippen LogP contribution in [0.5, 0.6) is 0 Å². The second-order valence-electron chi connectivity index (χ2n) is 6.07. The number of aromatic nitrogens is 4. The van der Waals surface area contributed by atoms with Crippen LogP contribution >= 0.6 is 35.2 Å². The Kier molecular flexibility index (Phi) is 5.52. The highest BCUT2D eigenvalue weighted by atomic mass is 35.5. The molecule has 0 unspecified atom stereocenters. The summed E-state index contributed by atoms with van der Waals surface area (Å²) >= 11 is 12.7. The van der Waals surface area contributed by atoms with Gasteiger partial charge >= 0.3 is 0 Å². The molecule has 10 heteroatoms. The summed E-state index contributed by atoms with van der Waals surface area (Å²) in [4.78, 5) is 13.0. The summed E-state index contributed by atoms with van der Waals surface area (Å²) in [6.07, 6.45) is 0.756. The van der Waals surface area contributed by atoms with Gasteiger partial charge in [-0.25, -0.2) is 0 Å². The van der Waals surface area contributed by atoms with Crippen LogP contribution in [0, 0.1) is 0 Å². The maximum absolute atomic E-state index is 12.3. The number of thiocarbonyl (C=S) groups is 1. The minimum absolute atomic E-state index is 0.193. The molecule has 0 bridgehead atoms. The number of carbonyl (C=O) groups excluding carboxylic acids is 1. The number of halogens is 1. The summed E-state index contributed by atoms with van der Waals surface area (Å²) in [6.45, 7) is 2.01. The van der Waals surface area contributed by atoms with Gasteiger partial charge in [-0.2, -0.15) is 9.61 Å². The van der Waals surface area contributed by atoms with Crippen LogP contribution in [0.15, 0.2) is 48.5 Å². The number of amides is 1. The molecule has 0 aliphatic rings. The monoisotopic (exact) mass is 442 g/mol. The van der Waals surface area contributed by atoms with Gasteiger partial charge in [-0.05, 0) is 42.5 Å². The van der Waals surface area contributed by atoms with E-state index in [1.54, 1.807) is 28.8 Å². The zero-order valence-electron chi connectivity index (χ0n) is 15.2. The highest BCUT2D eigenvalue weighted by molar-refractivity contribution is 7.80. The fourth-order valence-electron chi connectivity index (χ4n) is 2.69. The maximum Gasteiger partial charge on any atom is 0.257 e. The van der Waals surface area contributed by atoms with E-state index < -0.39 is 0 Å². The quantitative estimate of drug-likeness (QED) is 0.461. The predicted molar refractivity (Wildman–Crippen MR) is 119 cm³/mol. The van der Waals surface area contributed by atoms with Crippen LogP contribution in [0.3, 0.4) is 0 Å². The Morgan fingerprint density at radius 1 is 1.21 bits per heavy atom. The Morgan fingerprint density at radius 2 is 2.03 bits per heavy atom. The average molecular weight is 443 g/mol. The predicted octanol–water partition coefficient (Wildman–Crippen LogP) is 4.20. The lowest BCUT2D eigenvalue weighted by Crippen LogP contribution is -2.34. The summed E-state index contributed by atoms with van der Waals surface area (Å²) in [5.41, 5.74) is 2.08. The van der Waals surface area contributed by atoms with Gasteiger partial charge in [0.2, 0.25) is 4.96 Å². The molecule has 4 aromatic rings. The van der Waals surface area contributed by atoms with Gasteiger partial charge in [0.1, 0.15) is 5.01 Å². The molecule has 0 saturated carbocycles. The fraction of sp³-hybridized carbons (Fsp3) is 0.105. The van der Waals surface area contributed by atoms with Gasteiger partial charge in [-0.3, -0.25) is 10.1 Å². The lowest BCUT2D eigenvalue weighted by Gasteiger charge is -2.10. The lowest BCUT2D eigenvalue weighted by molar-refractivity contribution is 0.0977. The van der Waals surface area contributed by atoms with Crippen molar-refractivity contribution >= 4 is 56.8 Å². The first-order valence-electron chi connectivity index (χ1n) is 8.73. The van der Waals surface area contributed by atoms with Crippen molar-refractivity contribution in [2.45, 2.75) is 13.3 Å². The largest absolute Gasteiger partial charge is 0.332 e. The van der Waals surface area contributed by atoms with E-state index in [1.807, 2.05) is 31.2 Å². The van der Waals surface area contributed by atoms with Crippen molar-refractivity contribution in [1.82, 2.24) is 25.1 Å². The van der Waals surface area contributed by atoms with Crippen LogP contribution in [0.4, 0.5) is 5.69 Å². The maximum atomic E-state index is 12.3. The standard InChI is InChI=1S/C19H15ClN6OS2/c1-2-15-23-24-19-26(15)25-17(29-19)12-6-4-8-14(10-12)21-18(28)22-16(27)11-5-3-7-13(20)9-11/h3-10H,2H2,1H3,(H2,21,22,27,28). The zero-order chi connectivity index (χ0) is 20.4. The number of fused-ring (bicyclic) bond motifs is 1. The Balaban J connectivity index is 1.48. The van der Waals surface area contributed by atoms with Gasteiger partial charge in [0.05, 0.1) is 0 Å². The van der Waals surface area contributed by atoms with Crippen LogP contribution in [0.25, 0.3) is 15.5 Å². The van der Waals surface area contributed by atoms with E-state index in [-0.39, 0.29) is 11.0 Å². The highest BCUT2D eigenvalue weighted by Gasteiger charge is 2.13. The van der Waals surface area contributed by atoms with Crippen LogP contribution in [-0.4, -0.2) is 30.8 Å². The third kappa shape index (κ3) is 4.26. The van der Waals surface area contributed by atoms with Crippen molar-refractivity contribution in [2.75, 3.05) is 5.32 Å². The third-order valence-corrected chi connectivity index (χ3v) is 5.44. The Labute approximate surface area is 180 Å². The molecule has 0 atom stereocenters. The van der Waals surface area contributed by atoms with E-state index in [2.05, 4.69) is 25.9 Å². The second-order valence-corrected chi connectivity index (χ2v) is 7.87. The first kappa shape index (κ1) is 19.4. The number of nitrogens with one attached hydrogen (secondary N) is 2. The van der Waals surface area contributed by atoms with Crippen LogP contribution < -0.4 is 10.6 Å². The summed E-state index contributed by atoms with van der Waals surface area (Å²) in [5.74, 6) is 0.489. The number of anilines is 1. The summed E-state index contributed by atoms with van der Waals surface area (Å²) < 4.78 is 1.76. The van der Waals surface area contributed by atoms with Crippen molar-refractivity contribution in [1.29, 1.82) is 0 Å². The molecule has 0 saturated heterocycles. The first-order valence-corrected chi connectivity index (χ1v) is 10.3. The Morgan fingerprint density at radius 3 is 2.83 bits per heavy atom. The number of benzene rings is 2. The van der Waals surface area contributed by atoms with Gasteiger partial charge in [0, 0.05) is 28.3 Å². The number of aryl methyl sites for hydroxylation is 1. The molecule has 0 radical (unpaired) electrons. The highest BCUT2D eigenvalue weighted by Crippen LogP contribution is 2.27. The number of hydrogen-bond acceptors (Lipinski definition) is 6. The van der Waals surface area contributed by atoms with Crippen molar-refractivity contribution in [3.8, 4) is 10.6 Å². The van der Waals surface area contributed by atoms with Crippen LogP contribution in [0.1, 0.15) is 23.1 Å². The van der Waals surface area contributed by atoms with E-state index in [9.17, 15) is 4.79 Å². The summed E-state index contributed by atoms with van der Waals surface area (Å²) in [7, 11) is 0. The molecular weight excluding hydrogens is 428 g/mol. The molecule has 0 fully saturated rings. The SMILES string of the molecule is CCc1nnc2sc(-c3cccc(NC(=S)NC(=O)c4cccc(Cl)c4)c3)nn12.